The molecule has 3 rings (SSSR count). The maximum Gasteiger partial charge on any atom is 0.135 e. The molecule has 0 atom stereocenters. The predicted molar refractivity (Wildman–Crippen MR) is 105 cm³/mol. The minimum absolute atomic E-state index is 0.890. The van der Waals surface area contributed by atoms with Crippen molar-refractivity contribution in [2.45, 2.75) is 0 Å². The van der Waals surface area contributed by atoms with Crippen molar-refractivity contribution in [1.29, 1.82) is 0 Å². The van der Waals surface area contributed by atoms with Crippen LogP contribution in [0.4, 0.5) is 5.69 Å². The Morgan fingerprint density at radius 3 is 2.50 bits per heavy atom. The van der Waals surface area contributed by atoms with Crippen molar-refractivity contribution in [2.24, 2.45) is 0 Å². The highest BCUT2D eigenvalue weighted by Crippen LogP contribution is 2.30. The van der Waals surface area contributed by atoms with E-state index in [2.05, 4.69) is 80.3 Å². The molecule has 2 aromatic carbocycles. The van der Waals surface area contributed by atoms with Crippen LogP contribution in [0.3, 0.4) is 0 Å². The molecule has 126 valence electrons. The Kier molecular flexibility index (Phi) is 5.94. The zero-order chi connectivity index (χ0) is 16.8. The molecule has 0 unspecified atom stereocenters. The van der Waals surface area contributed by atoms with Gasteiger partial charge in [0.2, 0.25) is 0 Å². The van der Waals surface area contributed by atoms with E-state index in [-0.39, 0.29) is 0 Å². The zero-order valence-corrected chi connectivity index (χ0v) is 15.6. The van der Waals surface area contributed by atoms with Crippen molar-refractivity contribution in [3.63, 3.8) is 0 Å². The topological polar surface area (TPSA) is 15.7 Å². The molecular weight excluding hydrogens is 364 g/mol. The number of anilines is 1. The second kappa shape index (κ2) is 8.36. The number of methoxy groups -OCH3 is 1. The first-order chi connectivity index (χ1) is 11.8. The Labute approximate surface area is 152 Å². The number of nitrogens with zero attached hydrogens (tertiary/aromatic N) is 2. The van der Waals surface area contributed by atoms with Gasteiger partial charge in [0.1, 0.15) is 5.75 Å². The van der Waals surface area contributed by atoms with E-state index in [4.69, 9.17) is 4.74 Å². The van der Waals surface area contributed by atoms with Crippen LogP contribution in [0.15, 0.2) is 59.1 Å². The third kappa shape index (κ3) is 4.40. The first-order valence-corrected chi connectivity index (χ1v) is 9.08. The van der Waals surface area contributed by atoms with Gasteiger partial charge in [0, 0.05) is 44.5 Å². The van der Waals surface area contributed by atoms with Crippen LogP contribution in [0.5, 0.6) is 5.75 Å². The van der Waals surface area contributed by atoms with E-state index in [1.165, 1.54) is 11.3 Å². The molecule has 1 aliphatic rings. The lowest BCUT2D eigenvalue weighted by Crippen LogP contribution is -2.46. The summed E-state index contributed by atoms with van der Waals surface area (Å²) in [7, 11) is 1.71. The van der Waals surface area contributed by atoms with Gasteiger partial charge in [-0.05, 0) is 33.6 Å². The molecule has 3 nitrogen and oxygen atoms in total. The molecule has 24 heavy (non-hydrogen) atoms. The first-order valence-electron chi connectivity index (χ1n) is 8.29. The van der Waals surface area contributed by atoms with E-state index in [0.29, 0.717) is 0 Å². The molecule has 0 spiro atoms. The second-order valence-corrected chi connectivity index (χ2v) is 6.77. The summed E-state index contributed by atoms with van der Waals surface area (Å²) in [6.07, 6.45) is 4.46. The average molecular weight is 387 g/mol. The van der Waals surface area contributed by atoms with Crippen LogP contribution >= 0.6 is 15.9 Å². The van der Waals surface area contributed by atoms with Gasteiger partial charge in [0.25, 0.3) is 0 Å². The number of hydrogen-bond donors (Lipinski definition) is 0. The SMILES string of the molecule is COc1cc(N2CCN(C/C=C/c3ccccc3)CC2)ccc1Br. The van der Waals surface area contributed by atoms with Crippen molar-refractivity contribution < 1.29 is 4.74 Å². The molecule has 0 saturated carbocycles. The van der Waals surface area contributed by atoms with Gasteiger partial charge in [-0.25, -0.2) is 0 Å². The van der Waals surface area contributed by atoms with Crippen LogP contribution in [0.25, 0.3) is 6.08 Å². The standard InChI is InChI=1S/C20H23BrN2O/c1-24-20-16-18(9-10-19(20)21)23-14-12-22(13-15-23)11-5-8-17-6-3-2-4-7-17/h2-10,16H,11-15H2,1H3/b8-5+. The number of piperazine rings is 1. The predicted octanol–water partition coefficient (Wildman–Crippen LogP) is 4.29. The van der Waals surface area contributed by atoms with E-state index in [1.807, 2.05) is 6.07 Å². The van der Waals surface area contributed by atoms with Gasteiger partial charge in [-0.2, -0.15) is 0 Å². The third-order valence-electron chi connectivity index (χ3n) is 4.35. The lowest BCUT2D eigenvalue weighted by atomic mass is 10.2. The number of rotatable bonds is 5. The van der Waals surface area contributed by atoms with Crippen LogP contribution in [-0.4, -0.2) is 44.7 Å². The molecule has 0 aromatic heterocycles. The smallest absolute Gasteiger partial charge is 0.135 e. The summed E-state index contributed by atoms with van der Waals surface area (Å²) < 4.78 is 6.40. The second-order valence-electron chi connectivity index (χ2n) is 5.92. The van der Waals surface area contributed by atoms with Gasteiger partial charge in [-0.3, -0.25) is 4.90 Å². The molecule has 4 heteroatoms. The molecule has 2 aromatic rings. The summed E-state index contributed by atoms with van der Waals surface area (Å²) in [5.41, 5.74) is 2.49. The summed E-state index contributed by atoms with van der Waals surface area (Å²) in [5, 5.41) is 0. The number of ether oxygens (including phenoxy) is 1. The Hall–Kier alpha value is -1.78. The molecule has 0 radical (unpaired) electrons. The fourth-order valence-corrected chi connectivity index (χ4v) is 3.34. The highest BCUT2D eigenvalue weighted by molar-refractivity contribution is 9.10. The van der Waals surface area contributed by atoms with Gasteiger partial charge < -0.3 is 9.64 Å². The zero-order valence-electron chi connectivity index (χ0n) is 14.0. The molecule has 1 aliphatic heterocycles. The van der Waals surface area contributed by atoms with Gasteiger partial charge in [0.15, 0.2) is 0 Å². The van der Waals surface area contributed by atoms with Gasteiger partial charge in [-0.15, -0.1) is 0 Å². The summed E-state index contributed by atoms with van der Waals surface area (Å²) >= 11 is 3.51. The van der Waals surface area contributed by atoms with Crippen molar-refractivity contribution in [2.75, 3.05) is 44.7 Å². The van der Waals surface area contributed by atoms with Crippen molar-refractivity contribution in [1.82, 2.24) is 4.90 Å². The van der Waals surface area contributed by atoms with Crippen molar-refractivity contribution >= 4 is 27.7 Å². The summed E-state index contributed by atoms with van der Waals surface area (Å²) in [5.74, 6) is 0.890. The largest absolute Gasteiger partial charge is 0.495 e. The Morgan fingerprint density at radius 2 is 1.79 bits per heavy atom. The molecule has 0 aliphatic carbocycles. The molecule has 1 heterocycles. The minimum atomic E-state index is 0.890. The van der Waals surface area contributed by atoms with E-state index in [1.54, 1.807) is 7.11 Å². The van der Waals surface area contributed by atoms with E-state index >= 15 is 0 Å². The lowest BCUT2D eigenvalue weighted by molar-refractivity contribution is 0.284. The van der Waals surface area contributed by atoms with Crippen LogP contribution in [0.2, 0.25) is 0 Å². The van der Waals surface area contributed by atoms with Crippen molar-refractivity contribution in [3.8, 4) is 5.75 Å². The van der Waals surface area contributed by atoms with Crippen LogP contribution in [0, 0.1) is 0 Å². The first kappa shape index (κ1) is 17.1. The molecule has 0 N–H and O–H groups in total. The molecule has 0 bridgehead atoms. The molecule has 1 fully saturated rings. The van der Waals surface area contributed by atoms with E-state index in [9.17, 15) is 0 Å². The molecular formula is C20H23BrN2O. The quantitative estimate of drug-likeness (QED) is 0.761. The maximum atomic E-state index is 5.40. The molecule has 0 amide bonds. The van der Waals surface area contributed by atoms with Crippen molar-refractivity contribution in [3.05, 3.63) is 64.6 Å². The highest BCUT2D eigenvalue weighted by atomic mass is 79.9. The Bertz CT molecular complexity index is 679. The Morgan fingerprint density at radius 1 is 1.04 bits per heavy atom. The Balaban J connectivity index is 1.51. The summed E-state index contributed by atoms with van der Waals surface area (Å²) in [6, 6.07) is 16.8. The third-order valence-corrected chi connectivity index (χ3v) is 5.00. The van der Waals surface area contributed by atoms with Gasteiger partial charge in [0.05, 0.1) is 11.6 Å². The maximum absolute atomic E-state index is 5.40. The van der Waals surface area contributed by atoms with Gasteiger partial charge in [-0.1, -0.05) is 42.5 Å². The summed E-state index contributed by atoms with van der Waals surface area (Å²) in [4.78, 5) is 4.92. The summed E-state index contributed by atoms with van der Waals surface area (Å²) in [6.45, 7) is 5.26. The normalized spacial score (nSPS) is 15.8. The monoisotopic (exact) mass is 386 g/mol. The highest BCUT2D eigenvalue weighted by Gasteiger charge is 2.17. The molecule has 1 saturated heterocycles. The van der Waals surface area contributed by atoms with E-state index in [0.717, 1.165) is 42.9 Å². The fourth-order valence-electron chi connectivity index (χ4n) is 2.94. The number of halogens is 1. The number of benzene rings is 2. The number of hydrogen-bond acceptors (Lipinski definition) is 3. The fraction of sp³-hybridized carbons (Fsp3) is 0.300. The lowest BCUT2D eigenvalue weighted by Gasteiger charge is -2.35. The van der Waals surface area contributed by atoms with Gasteiger partial charge >= 0.3 is 0 Å². The van der Waals surface area contributed by atoms with Crippen LogP contribution in [0.1, 0.15) is 5.56 Å². The minimum Gasteiger partial charge on any atom is -0.495 e. The average Bonchev–Trinajstić information content (AvgIpc) is 2.64. The van der Waals surface area contributed by atoms with Crippen LogP contribution < -0.4 is 9.64 Å². The van der Waals surface area contributed by atoms with Crippen LogP contribution in [-0.2, 0) is 0 Å². The van der Waals surface area contributed by atoms with E-state index < -0.39 is 0 Å².